The van der Waals surface area contributed by atoms with Crippen LogP contribution in [0.2, 0.25) is 0 Å². The van der Waals surface area contributed by atoms with Crippen LogP contribution in [-0.2, 0) is 30.3 Å². The Bertz CT molecular complexity index is 2070. The molecule has 0 radical (unpaired) electrons. The Morgan fingerprint density at radius 3 is 1.58 bits per heavy atom. The second-order valence-electron chi connectivity index (χ2n) is 16.6. The molecule has 4 aliphatic rings. The monoisotopic (exact) mass is 848 g/mol. The first-order valence-electron chi connectivity index (χ1n) is 22.1. The quantitative estimate of drug-likeness (QED) is 0.0305. The van der Waals surface area contributed by atoms with E-state index in [1.807, 2.05) is 30.3 Å². The van der Waals surface area contributed by atoms with Crippen molar-refractivity contribution in [1.82, 2.24) is 0 Å². The van der Waals surface area contributed by atoms with Gasteiger partial charge in [0.1, 0.15) is 35.2 Å². The molecule has 12 nitrogen and oxygen atoms in total. The lowest BCUT2D eigenvalue weighted by atomic mass is 9.90. The lowest BCUT2D eigenvalue weighted by molar-refractivity contribution is 0.0465. The summed E-state index contributed by atoms with van der Waals surface area (Å²) in [6, 6.07) is 26.7. The van der Waals surface area contributed by atoms with Gasteiger partial charge in [-0.3, -0.25) is 0 Å². The molecule has 12 heteroatoms. The maximum Gasteiger partial charge on any atom is 0.343 e. The van der Waals surface area contributed by atoms with Gasteiger partial charge in [0.15, 0.2) is 0 Å². The predicted octanol–water partition coefficient (Wildman–Crippen LogP) is 8.97. The van der Waals surface area contributed by atoms with Crippen LogP contribution in [0.25, 0.3) is 0 Å². The molecule has 0 amide bonds. The first kappa shape index (κ1) is 43.4. The predicted molar refractivity (Wildman–Crippen MR) is 228 cm³/mol. The molecule has 2 saturated carbocycles. The summed E-state index contributed by atoms with van der Waals surface area (Å²) in [7, 11) is 0. The van der Waals surface area contributed by atoms with Crippen LogP contribution >= 0.6 is 0 Å². The molecule has 2 saturated heterocycles. The third-order valence-corrected chi connectivity index (χ3v) is 11.8. The molecule has 0 spiro atoms. The summed E-state index contributed by atoms with van der Waals surface area (Å²) in [6.07, 6.45) is 12.4. The van der Waals surface area contributed by atoms with Crippen molar-refractivity contribution in [1.29, 1.82) is 0 Å². The van der Waals surface area contributed by atoms with Crippen LogP contribution in [0.3, 0.4) is 0 Å². The third-order valence-electron chi connectivity index (χ3n) is 11.8. The van der Waals surface area contributed by atoms with E-state index in [-0.39, 0.29) is 29.2 Å². The van der Waals surface area contributed by atoms with Gasteiger partial charge in [-0.05, 0) is 148 Å². The molecule has 2 heterocycles. The number of unbranched alkanes of at least 4 members (excludes halogenated alkanes) is 2. The number of epoxide rings is 2. The zero-order chi connectivity index (χ0) is 42.5. The van der Waals surface area contributed by atoms with Gasteiger partial charge in [0.05, 0.1) is 48.8 Å². The summed E-state index contributed by atoms with van der Waals surface area (Å²) in [6.45, 7) is 4.03. The molecule has 8 rings (SSSR count). The summed E-state index contributed by atoms with van der Waals surface area (Å²) < 4.78 is 51.7. The number of ether oxygens (including phenoxy) is 9. The van der Waals surface area contributed by atoms with Gasteiger partial charge in [-0.2, -0.15) is 0 Å². The topological polar surface area (TPSA) is 141 Å². The molecular formula is C50H56O12. The number of fused-ring (bicyclic) bond motifs is 2. The van der Waals surface area contributed by atoms with Crippen LogP contribution in [0.4, 0.5) is 0 Å². The number of hydrogen-bond donors (Lipinski definition) is 0. The van der Waals surface area contributed by atoms with Gasteiger partial charge in [0.25, 0.3) is 0 Å². The lowest BCUT2D eigenvalue weighted by Gasteiger charge is -2.18. The van der Waals surface area contributed by atoms with E-state index in [0.717, 1.165) is 70.1 Å². The first-order chi connectivity index (χ1) is 30.4. The molecule has 62 heavy (non-hydrogen) atoms. The smallest absolute Gasteiger partial charge is 0.343 e. The highest BCUT2D eigenvalue weighted by Crippen LogP contribution is 2.40. The van der Waals surface area contributed by atoms with Crippen molar-refractivity contribution >= 4 is 17.9 Å². The number of rotatable bonds is 23. The van der Waals surface area contributed by atoms with Gasteiger partial charge in [-0.25, -0.2) is 14.4 Å². The Balaban J connectivity index is 0.788. The Kier molecular flexibility index (Phi) is 15.2. The average molecular weight is 849 g/mol. The molecule has 6 atom stereocenters. The Morgan fingerprint density at radius 2 is 1.03 bits per heavy atom. The zero-order valence-electron chi connectivity index (χ0n) is 35.1. The summed E-state index contributed by atoms with van der Waals surface area (Å²) in [5.74, 6) is 0.403. The van der Waals surface area contributed by atoms with Crippen LogP contribution in [0.5, 0.6) is 23.0 Å². The van der Waals surface area contributed by atoms with E-state index >= 15 is 0 Å². The minimum atomic E-state index is -0.757. The maximum absolute atomic E-state index is 13.4. The summed E-state index contributed by atoms with van der Waals surface area (Å²) >= 11 is 0. The van der Waals surface area contributed by atoms with Gasteiger partial charge in [0.2, 0.25) is 0 Å². The largest absolute Gasteiger partial charge is 0.494 e. The second kappa shape index (κ2) is 21.7. The molecule has 0 N–H and O–H groups in total. The Hall–Kier alpha value is -5.27. The number of hydrogen-bond acceptors (Lipinski definition) is 12. The molecule has 4 fully saturated rings. The molecule has 2 aliphatic heterocycles. The van der Waals surface area contributed by atoms with Crippen molar-refractivity contribution < 1.29 is 57.0 Å². The van der Waals surface area contributed by atoms with Crippen molar-refractivity contribution in [2.24, 2.45) is 11.8 Å². The van der Waals surface area contributed by atoms with Gasteiger partial charge >= 0.3 is 17.9 Å². The highest BCUT2D eigenvalue weighted by atomic mass is 16.6. The number of esters is 3. The third kappa shape index (κ3) is 12.9. The highest BCUT2D eigenvalue weighted by molar-refractivity contribution is 5.97. The van der Waals surface area contributed by atoms with Crippen LogP contribution < -0.4 is 18.9 Å². The van der Waals surface area contributed by atoms with E-state index in [9.17, 15) is 14.4 Å². The average Bonchev–Trinajstić information content (AvgIpc) is 4.24. The first-order valence-corrected chi connectivity index (χ1v) is 22.1. The molecule has 0 aromatic heterocycles. The van der Waals surface area contributed by atoms with E-state index in [4.69, 9.17) is 42.6 Å². The zero-order valence-corrected chi connectivity index (χ0v) is 35.1. The fourth-order valence-electron chi connectivity index (χ4n) is 8.09. The fraction of sp³-hybridized carbons (Fsp3) is 0.460. The highest BCUT2D eigenvalue weighted by Gasteiger charge is 2.44. The minimum absolute atomic E-state index is 0.0118. The van der Waals surface area contributed by atoms with Crippen molar-refractivity contribution in [3.05, 3.63) is 119 Å². The molecule has 2 aliphatic carbocycles. The standard InChI is InChI=1S/C50H56O12/c51-48(37-12-16-39(17-13-37)56-26-6-4-24-54-31-35-10-21-44-46(28-35)60-44)59-41-20-23-43(42(30-41)50(53)58-33-34-8-2-1-3-9-34)62-49(52)38-14-18-40(19-15-38)57-27-7-5-25-55-32-36-11-22-45-47(29-36)61-45/h1-3,8-9,12-20,23,30,35-36,44-47H,4-7,10-11,21-22,24-29,31-33H2. The van der Waals surface area contributed by atoms with Crippen LogP contribution in [0.15, 0.2) is 97.1 Å². The maximum atomic E-state index is 13.4. The molecule has 0 bridgehead atoms. The van der Waals surface area contributed by atoms with Crippen molar-refractivity contribution in [2.45, 2.75) is 95.2 Å². The van der Waals surface area contributed by atoms with E-state index in [1.54, 1.807) is 48.5 Å². The van der Waals surface area contributed by atoms with E-state index in [0.29, 0.717) is 79.7 Å². The fourth-order valence-corrected chi connectivity index (χ4v) is 8.09. The number of carbonyl (C=O) groups excluding carboxylic acids is 3. The van der Waals surface area contributed by atoms with Crippen LogP contribution in [0, 0.1) is 11.8 Å². The van der Waals surface area contributed by atoms with Gasteiger partial charge in [0, 0.05) is 26.4 Å². The van der Waals surface area contributed by atoms with Crippen LogP contribution in [0.1, 0.15) is 101 Å². The Labute approximate surface area is 363 Å². The summed E-state index contributed by atoms with van der Waals surface area (Å²) in [4.78, 5) is 39.9. The summed E-state index contributed by atoms with van der Waals surface area (Å²) in [5, 5.41) is 0. The lowest BCUT2D eigenvalue weighted by Crippen LogP contribution is -2.18. The second-order valence-corrected chi connectivity index (χ2v) is 16.6. The van der Waals surface area contributed by atoms with Gasteiger partial charge < -0.3 is 42.6 Å². The molecular weight excluding hydrogens is 793 g/mol. The normalized spacial score (nSPS) is 22.1. The molecule has 4 aromatic carbocycles. The molecule has 6 unspecified atom stereocenters. The van der Waals surface area contributed by atoms with Crippen molar-refractivity contribution in [3.63, 3.8) is 0 Å². The van der Waals surface area contributed by atoms with Crippen LogP contribution in [-0.4, -0.2) is 82.0 Å². The summed E-state index contributed by atoms with van der Waals surface area (Å²) in [5.41, 5.74) is 1.24. The van der Waals surface area contributed by atoms with Gasteiger partial charge in [-0.15, -0.1) is 0 Å². The Morgan fingerprint density at radius 1 is 0.516 bits per heavy atom. The van der Waals surface area contributed by atoms with Gasteiger partial charge in [-0.1, -0.05) is 30.3 Å². The van der Waals surface area contributed by atoms with E-state index in [2.05, 4.69) is 0 Å². The molecule has 328 valence electrons. The van der Waals surface area contributed by atoms with E-state index < -0.39 is 17.9 Å². The van der Waals surface area contributed by atoms with E-state index in [1.165, 1.54) is 31.0 Å². The van der Waals surface area contributed by atoms with Crippen molar-refractivity contribution in [2.75, 3.05) is 39.6 Å². The molecule has 4 aromatic rings. The number of carbonyl (C=O) groups is 3. The SMILES string of the molecule is O=C(Oc1ccc(OC(=O)c2ccc(OCCCCOCC3CCC4OC4C3)cc2)c(C(=O)OCc2ccccc2)c1)c1ccc(OCCCCOCC2CCC3OC3C2)cc1. The number of benzene rings is 4. The van der Waals surface area contributed by atoms with Crippen molar-refractivity contribution in [3.8, 4) is 23.0 Å². The minimum Gasteiger partial charge on any atom is -0.494 e.